The molecule has 0 radical (unpaired) electrons. The van der Waals surface area contributed by atoms with Crippen LogP contribution in [0.25, 0.3) is 0 Å². The molecule has 1 fully saturated rings. The standard InChI is InChI=1S/C14H22N4O/c1-11(2)16-14(19)17-12-3-5-13(6-4-12)18-9-7-15-8-10-18/h3-6,11,15H,7-10H2,1-2H3,(H2,16,17,19). The van der Waals surface area contributed by atoms with Gasteiger partial charge in [0.15, 0.2) is 0 Å². The van der Waals surface area contributed by atoms with Crippen molar-refractivity contribution in [1.29, 1.82) is 0 Å². The van der Waals surface area contributed by atoms with E-state index in [2.05, 4.69) is 33.0 Å². The van der Waals surface area contributed by atoms with Crippen LogP contribution in [0.3, 0.4) is 0 Å². The normalized spacial score (nSPS) is 15.4. The lowest BCUT2D eigenvalue weighted by Crippen LogP contribution is -2.43. The van der Waals surface area contributed by atoms with Gasteiger partial charge in [-0.3, -0.25) is 0 Å². The van der Waals surface area contributed by atoms with E-state index in [1.54, 1.807) is 0 Å². The molecule has 0 spiro atoms. The van der Waals surface area contributed by atoms with E-state index in [-0.39, 0.29) is 12.1 Å². The molecule has 5 heteroatoms. The maximum Gasteiger partial charge on any atom is 0.319 e. The maximum absolute atomic E-state index is 11.6. The van der Waals surface area contributed by atoms with Crippen molar-refractivity contribution in [3.63, 3.8) is 0 Å². The first kappa shape index (κ1) is 13.7. The third-order valence-corrected chi connectivity index (χ3v) is 3.03. The maximum atomic E-state index is 11.6. The monoisotopic (exact) mass is 262 g/mol. The summed E-state index contributed by atoms with van der Waals surface area (Å²) in [7, 11) is 0. The number of hydrogen-bond donors (Lipinski definition) is 3. The number of urea groups is 1. The second kappa shape index (κ2) is 6.43. The molecule has 19 heavy (non-hydrogen) atoms. The lowest BCUT2D eigenvalue weighted by atomic mass is 10.2. The summed E-state index contributed by atoms with van der Waals surface area (Å²) in [6.45, 7) is 7.98. The van der Waals surface area contributed by atoms with Crippen LogP contribution in [0.5, 0.6) is 0 Å². The van der Waals surface area contributed by atoms with E-state index in [0.717, 1.165) is 31.9 Å². The van der Waals surface area contributed by atoms with Crippen molar-refractivity contribution in [2.45, 2.75) is 19.9 Å². The van der Waals surface area contributed by atoms with Gasteiger partial charge < -0.3 is 20.9 Å². The Hall–Kier alpha value is -1.75. The van der Waals surface area contributed by atoms with Gasteiger partial charge in [0, 0.05) is 43.6 Å². The summed E-state index contributed by atoms with van der Waals surface area (Å²) in [4.78, 5) is 13.9. The Labute approximate surface area is 114 Å². The highest BCUT2D eigenvalue weighted by atomic mass is 16.2. The van der Waals surface area contributed by atoms with Gasteiger partial charge in [0.1, 0.15) is 0 Å². The van der Waals surface area contributed by atoms with Gasteiger partial charge in [0.2, 0.25) is 0 Å². The highest BCUT2D eigenvalue weighted by molar-refractivity contribution is 5.89. The predicted octanol–water partition coefficient (Wildman–Crippen LogP) is 1.63. The highest BCUT2D eigenvalue weighted by Gasteiger charge is 2.10. The summed E-state index contributed by atoms with van der Waals surface area (Å²) >= 11 is 0. The molecule has 1 aliphatic rings. The van der Waals surface area contributed by atoms with E-state index < -0.39 is 0 Å². The minimum atomic E-state index is -0.162. The number of anilines is 2. The molecule has 0 saturated carbocycles. The number of hydrogen-bond acceptors (Lipinski definition) is 3. The Morgan fingerprint density at radius 1 is 1.21 bits per heavy atom. The Balaban J connectivity index is 1.92. The first-order valence-corrected chi connectivity index (χ1v) is 6.78. The van der Waals surface area contributed by atoms with Crippen LogP contribution in [0.1, 0.15) is 13.8 Å². The fraction of sp³-hybridized carbons (Fsp3) is 0.500. The minimum absolute atomic E-state index is 0.139. The lowest BCUT2D eigenvalue weighted by Gasteiger charge is -2.29. The zero-order chi connectivity index (χ0) is 13.7. The summed E-state index contributed by atoms with van der Waals surface area (Å²) in [5.41, 5.74) is 2.02. The summed E-state index contributed by atoms with van der Waals surface area (Å²) < 4.78 is 0. The second-order valence-corrected chi connectivity index (χ2v) is 5.04. The molecule has 1 aromatic carbocycles. The number of piperazine rings is 1. The van der Waals surface area contributed by atoms with Gasteiger partial charge in [-0.15, -0.1) is 0 Å². The third kappa shape index (κ3) is 4.13. The third-order valence-electron chi connectivity index (χ3n) is 3.03. The summed E-state index contributed by atoms with van der Waals surface area (Å²) in [5.74, 6) is 0. The fourth-order valence-electron chi connectivity index (χ4n) is 2.11. The lowest BCUT2D eigenvalue weighted by molar-refractivity contribution is 0.250. The van der Waals surface area contributed by atoms with Crippen molar-refractivity contribution in [3.8, 4) is 0 Å². The fourth-order valence-corrected chi connectivity index (χ4v) is 2.11. The molecule has 1 saturated heterocycles. The Morgan fingerprint density at radius 3 is 2.42 bits per heavy atom. The van der Waals surface area contributed by atoms with Crippen molar-refractivity contribution in [3.05, 3.63) is 24.3 Å². The van der Waals surface area contributed by atoms with Crippen molar-refractivity contribution >= 4 is 17.4 Å². The molecule has 0 aliphatic carbocycles. The number of nitrogens with one attached hydrogen (secondary N) is 3. The van der Waals surface area contributed by atoms with Gasteiger partial charge in [-0.25, -0.2) is 4.79 Å². The number of nitrogens with zero attached hydrogens (tertiary/aromatic N) is 1. The van der Waals surface area contributed by atoms with Crippen molar-refractivity contribution < 1.29 is 4.79 Å². The number of benzene rings is 1. The molecule has 0 bridgehead atoms. The van der Waals surface area contributed by atoms with Crippen molar-refractivity contribution in [2.24, 2.45) is 0 Å². The summed E-state index contributed by atoms with van der Waals surface area (Å²) in [6.07, 6.45) is 0. The van der Waals surface area contributed by atoms with E-state index in [1.807, 2.05) is 26.0 Å². The van der Waals surface area contributed by atoms with E-state index in [1.165, 1.54) is 5.69 Å². The van der Waals surface area contributed by atoms with Crippen LogP contribution >= 0.6 is 0 Å². The highest BCUT2D eigenvalue weighted by Crippen LogP contribution is 2.18. The zero-order valence-corrected chi connectivity index (χ0v) is 11.6. The molecule has 3 N–H and O–H groups in total. The van der Waals surface area contributed by atoms with Crippen LogP contribution in [0, 0.1) is 0 Å². The topological polar surface area (TPSA) is 56.4 Å². The minimum Gasteiger partial charge on any atom is -0.369 e. The molecular formula is C14H22N4O. The van der Waals surface area contributed by atoms with Crippen LogP contribution in [0.2, 0.25) is 0 Å². The number of rotatable bonds is 3. The average Bonchev–Trinajstić information content (AvgIpc) is 2.39. The molecule has 5 nitrogen and oxygen atoms in total. The molecule has 1 aliphatic heterocycles. The van der Waals surface area contributed by atoms with Gasteiger partial charge in [-0.1, -0.05) is 0 Å². The number of carbonyl (C=O) groups is 1. The van der Waals surface area contributed by atoms with E-state index in [4.69, 9.17) is 0 Å². The van der Waals surface area contributed by atoms with E-state index >= 15 is 0 Å². The van der Waals surface area contributed by atoms with Crippen LogP contribution in [0.15, 0.2) is 24.3 Å². The molecule has 1 heterocycles. The summed E-state index contributed by atoms with van der Waals surface area (Å²) in [5, 5.41) is 8.96. The molecule has 0 unspecified atom stereocenters. The quantitative estimate of drug-likeness (QED) is 0.776. The smallest absolute Gasteiger partial charge is 0.319 e. The average molecular weight is 262 g/mol. The number of carbonyl (C=O) groups excluding carboxylic acids is 1. The predicted molar refractivity (Wildman–Crippen MR) is 78.8 cm³/mol. The van der Waals surface area contributed by atoms with Gasteiger partial charge in [-0.05, 0) is 38.1 Å². The molecule has 1 aromatic rings. The molecule has 2 amide bonds. The SMILES string of the molecule is CC(C)NC(=O)Nc1ccc(N2CCNCC2)cc1. The molecule has 0 atom stereocenters. The van der Waals surface area contributed by atoms with Crippen LogP contribution < -0.4 is 20.9 Å². The van der Waals surface area contributed by atoms with Crippen molar-refractivity contribution in [2.75, 3.05) is 36.4 Å². The Kier molecular flexibility index (Phi) is 4.63. The molecular weight excluding hydrogens is 240 g/mol. The summed E-state index contributed by atoms with van der Waals surface area (Å²) in [6, 6.07) is 7.96. The number of amides is 2. The molecule has 0 aromatic heterocycles. The van der Waals surface area contributed by atoms with Crippen LogP contribution in [-0.4, -0.2) is 38.3 Å². The van der Waals surface area contributed by atoms with Gasteiger partial charge in [-0.2, -0.15) is 0 Å². The first-order chi connectivity index (χ1) is 9.15. The first-order valence-electron chi connectivity index (χ1n) is 6.78. The molecule has 2 rings (SSSR count). The van der Waals surface area contributed by atoms with Gasteiger partial charge >= 0.3 is 6.03 Å². The zero-order valence-electron chi connectivity index (χ0n) is 11.6. The van der Waals surface area contributed by atoms with E-state index in [0.29, 0.717) is 0 Å². The Bertz CT molecular complexity index is 410. The second-order valence-electron chi connectivity index (χ2n) is 5.04. The van der Waals surface area contributed by atoms with Gasteiger partial charge in [0.05, 0.1) is 0 Å². The van der Waals surface area contributed by atoms with Crippen molar-refractivity contribution in [1.82, 2.24) is 10.6 Å². The van der Waals surface area contributed by atoms with Gasteiger partial charge in [0.25, 0.3) is 0 Å². The largest absolute Gasteiger partial charge is 0.369 e. The Morgan fingerprint density at radius 2 is 1.84 bits per heavy atom. The van der Waals surface area contributed by atoms with E-state index in [9.17, 15) is 4.79 Å². The van der Waals surface area contributed by atoms with Crippen LogP contribution in [-0.2, 0) is 0 Å². The molecule has 104 valence electrons. The van der Waals surface area contributed by atoms with Crippen LogP contribution in [0.4, 0.5) is 16.2 Å².